The Bertz CT molecular complexity index is 301. The van der Waals surface area contributed by atoms with Crippen LogP contribution in [0, 0.1) is 11.3 Å². The number of piperidine rings is 1. The Morgan fingerprint density at radius 2 is 2.29 bits per heavy atom. The Hall–Kier alpha value is -0.640. The maximum absolute atomic E-state index is 11.1. The smallest absolute Gasteiger partial charge is 0.225 e. The highest BCUT2D eigenvalue weighted by molar-refractivity contribution is 7.89. The van der Waals surface area contributed by atoms with E-state index >= 15 is 0 Å². The van der Waals surface area contributed by atoms with Crippen LogP contribution in [0.25, 0.3) is 0 Å². The summed E-state index contributed by atoms with van der Waals surface area (Å²) < 4.78 is 24.6. The van der Waals surface area contributed by atoms with E-state index in [1.54, 1.807) is 6.07 Å². The van der Waals surface area contributed by atoms with Crippen LogP contribution in [0.5, 0.6) is 0 Å². The third-order valence-electron chi connectivity index (χ3n) is 2.22. The summed E-state index contributed by atoms with van der Waals surface area (Å²) in [5, 5.41) is 11.5. The lowest BCUT2D eigenvalue weighted by molar-refractivity contribution is 0.398. The van der Waals surface area contributed by atoms with Gasteiger partial charge in [-0.25, -0.2) is 13.1 Å². The predicted octanol–water partition coefficient (Wildman–Crippen LogP) is -0.429. The van der Waals surface area contributed by atoms with Gasteiger partial charge in [-0.1, -0.05) is 6.42 Å². The van der Waals surface area contributed by atoms with Gasteiger partial charge in [-0.2, -0.15) is 5.26 Å². The Kier molecular flexibility index (Phi) is 4.32. The summed E-state index contributed by atoms with van der Waals surface area (Å²) in [5.74, 6) is -0.459. The molecule has 6 heteroatoms. The van der Waals surface area contributed by atoms with E-state index in [2.05, 4.69) is 10.0 Å². The summed E-state index contributed by atoms with van der Waals surface area (Å²) >= 11 is 0. The van der Waals surface area contributed by atoms with Crippen molar-refractivity contribution in [2.75, 3.05) is 18.8 Å². The van der Waals surface area contributed by atoms with Crippen LogP contribution in [0.15, 0.2) is 0 Å². The summed E-state index contributed by atoms with van der Waals surface area (Å²) in [7, 11) is -3.38. The molecule has 1 heterocycles. The molecule has 80 valence electrons. The van der Waals surface area contributed by atoms with Crippen molar-refractivity contribution in [2.45, 2.75) is 25.3 Å². The molecule has 1 rings (SSSR count). The molecule has 5 nitrogen and oxygen atoms in total. The average Bonchev–Trinajstić information content (AvgIpc) is 2.17. The van der Waals surface area contributed by atoms with Gasteiger partial charge in [0.05, 0.1) is 6.07 Å². The molecule has 0 spiro atoms. The zero-order valence-corrected chi connectivity index (χ0v) is 8.81. The van der Waals surface area contributed by atoms with Crippen LogP contribution in [-0.4, -0.2) is 33.3 Å². The highest BCUT2D eigenvalue weighted by atomic mass is 32.2. The lowest BCUT2D eigenvalue weighted by Gasteiger charge is -2.23. The molecule has 0 saturated carbocycles. The van der Waals surface area contributed by atoms with Crippen LogP contribution < -0.4 is 10.0 Å². The van der Waals surface area contributed by atoms with Gasteiger partial charge in [-0.05, 0) is 19.4 Å². The summed E-state index contributed by atoms with van der Waals surface area (Å²) in [6.45, 7) is 1.34. The van der Waals surface area contributed by atoms with Gasteiger partial charge in [-0.3, -0.25) is 0 Å². The second kappa shape index (κ2) is 5.29. The van der Waals surface area contributed by atoms with Crippen LogP contribution in [-0.2, 0) is 10.0 Å². The largest absolute Gasteiger partial charge is 0.313 e. The summed E-state index contributed by atoms with van der Waals surface area (Å²) in [4.78, 5) is 0. The van der Waals surface area contributed by atoms with E-state index in [1.165, 1.54) is 0 Å². The predicted molar refractivity (Wildman–Crippen MR) is 53.0 cm³/mol. The minimum Gasteiger partial charge on any atom is -0.313 e. The van der Waals surface area contributed by atoms with Crippen molar-refractivity contribution in [2.24, 2.45) is 0 Å². The molecule has 2 N–H and O–H groups in total. The SMILES string of the molecule is N#CCS(=O)(=O)NCC1CCCCN1. The van der Waals surface area contributed by atoms with E-state index in [9.17, 15) is 8.42 Å². The van der Waals surface area contributed by atoms with Crippen molar-refractivity contribution >= 4 is 10.0 Å². The molecule has 0 aliphatic carbocycles. The van der Waals surface area contributed by atoms with Crippen LogP contribution in [0.2, 0.25) is 0 Å². The highest BCUT2D eigenvalue weighted by Gasteiger charge is 2.15. The van der Waals surface area contributed by atoms with Crippen molar-refractivity contribution in [3.8, 4) is 6.07 Å². The van der Waals surface area contributed by atoms with Crippen molar-refractivity contribution in [1.29, 1.82) is 5.26 Å². The molecule has 0 amide bonds. The first-order valence-corrected chi connectivity index (χ1v) is 6.37. The van der Waals surface area contributed by atoms with Crippen molar-refractivity contribution < 1.29 is 8.42 Å². The number of hydrogen-bond acceptors (Lipinski definition) is 4. The number of sulfonamides is 1. The van der Waals surface area contributed by atoms with Gasteiger partial charge in [0, 0.05) is 12.6 Å². The monoisotopic (exact) mass is 217 g/mol. The summed E-state index contributed by atoms with van der Waals surface area (Å²) in [5.41, 5.74) is 0. The molecular weight excluding hydrogens is 202 g/mol. The molecule has 0 bridgehead atoms. The summed E-state index contributed by atoms with van der Waals surface area (Å²) in [6.07, 6.45) is 3.29. The molecule has 1 aliphatic rings. The van der Waals surface area contributed by atoms with E-state index < -0.39 is 15.8 Å². The molecule has 1 unspecified atom stereocenters. The quantitative estimate of drug-likeness (QED) is 0.669. The zero-order chi connectivity index (χ0) is 10.4. The topological polar surface area (TPSA) is 82.0 Å². The standard InChI is InChI=1S/C8H15N3O2S/c9-4-6-14(12,13)11-7-8-3-1-2-5-10-8/h8,10-11H,1-3,5-7H2. The van der Waals surface area contributed by atoms with Gasteiger partial charge in [0.1, 0.15) is 0 Å². The first-order chi connectivity index (χ1) is 6.64. The molecule has 1 saturated heterocycles. The van der Waals surface area contributed by atoms with Gasteiger partial charge in [0.2, 0.25) is 10.0 Å². The van der Waals surface area contributed by atoms with E-state index in [1.807, 2.05) is 0 Å². The van der Waals surface area contributed by atoms with Gasteiger partial charge in [0.25, 0.3) is 0 Å². The Morgan fingerprint density at radius 1 is 1.50 bits per heavy atom. The minimum atomic E-state index is -3.38. The Labute approximate surface area is 84.5 Å². The van der Waals surface area contributed by atoms with E-state index in [0.717, 1.165) is 25.8 Å². The second-order valence-corrected chi connectivity index (χ2v) is 5.22. The van der Waals surface area contributed by atoms with Gasteiger partial charge < -0.3 is 5.32 Å². The molecule has 0 aromatic rings. The lowest BCUT2D eigenvalue weighted by Crippen LogP contribution is -2.43. The third-order valence-corrected chi connectivity index (χ3v) is 3.33. The number of rotatable bonds is 4. The number of hydrogen-bond donors (Lipinski definition) is 2. The maximum Gasteiger partial charge on any atom is 0.225 e. The van der Waals surface area contributed by atoms with Crippen LogP contribution in [0.4, 0.5) is 0 Å². The fourth-order valence-corrected chi connectivity index (χ4v) is 2.19. The Morgan fingerprint density at radius 3 is 2.86 bits per heavy atom. The third kappa shape index (κ3) is 4.05. The van der Waals surface area contributed by atoms with E-state index in [0.29, 0.717) is 6.54 Å². The van der Waals surface area contributed by atoms with Gasteiger partial charge in [0.15, 0.2) is 5.75 Å². The minimum absolute atomic E-state index is 0.220. The normalized spacial score (nSPS) is 22.9. The Balaban J connectivity index is 2.29. The second-order valence-electron chi connectivity index (χ2n) is 3.41. The zero-order valence-electron chi connectivity index (χ0n) is 7.99. The van der Waals surface area contributed by atoms with Gasteiger partial charge >= 0.3 is 0 Å². The molecule has 1 atom stereocenters. The van der Waals surface area contributed by atoms with E-state index in [-0.39, 0.29) is 6.04 Å². The molecule has 0 aromatic heterocycles. The maximum atomic E-state index is 11.1. The molecule has 0 radical (unpaired) electrons. The molecular formula is C8H15N3O2S. The van der Waals surface area contributed by atoms with E-state index in [4.69, 9.17) is 5.26 Å². The molecule has 1 aliphatic heterocycles. The summed E-state index contributed by atoms with van der Waals surface area (Å²) in [6, 6.07) is 1.84. The molecule has 0 aromatic carbocycles. The van der Waals surface area contributed by atoms with Gasteiger partial charge in [-0.15, -0.1) is 0 Å². The van der Waals surface area contributed by atoms with Crippen LogP contribution >= 0.6 is 0 Å². The number of nitrogens with one attached hydrogen (secondary N) is 2. The lowest BCUT2D eigenvalue weighted by atomic mass is 10.1. The fourth-order valence-electron chi connectivity index (χ4n) is 1.46. The molecule has 14 heavy (non-hydrogen) atoms. The number of nitrogens with zero attached hydrogens (tertiary/aromatic N) is 1. The van der Waals surface area contributed by atoms with Crippen molar-refractivity contribution in [3.05, 3.63) is 0 Å². The van der Waals surface area contributed by atoms with Crippen molar-refractivity contribution in [1.82, 2.24) is 10.0 Å². The highest BCUT2D eigenvalue weighted by Crippen LogP contribution is 2.05. The average molecular weight is 217 g/mol. The first-order valence-electron chi connectivity index (χ1n) is 4.72. The van der Waals surface area contributed by atoms with Crippen LogP contribution in [0.1, 0.15) is 19.3 Å². The first kappa shape index (κ1) is 11.4. The van der Waals surface area contributed by atoms with Crippen molar-refractivity contribution in [3.63, 3.8) is 0 Å². The van der Waals surface area contributed by atoms with Crippen LogP contribution in [0.3, 0.4) is 0 Å². The molecule has 1 fully saturated rings. The fraction of sp³-hybridized carbons (Fsp3) is 0.875. The number of nitriles is 1.